The van der Waals surface area contributed by atoms with Crippen LogP contribution in [-0.4, -0.2) is 39.9 Å². The largest absolute Gasteiger partial charge is 0.481 e. The number of para-hydroxylation sites is 1. The molecule has 4 N–H and O–H groups in total. The predicted octanol–water partition coefficient (Wildman–Crippen LogP) is 1.54. The Balaban J connectivity index is 2.20. The van der Waals surface area contributed by atoms with E-state index in [9.17, 15) is 19.6 Å². The van der Waals surface area contributed by atoms with E-state index in [1.165, 1.54) is 19.2 Å². The van der Waals surface area contributed by atoms with E-state index in [0.29, 0.717) is 5.75 Å². The Morgan fingerprint density at radius 1 is 1.31 bits per heavy atom. The lowest BCUT2D eigenvalue weighted by Gasteiger charge is -2.21. The summed E-state index contributed by atoms with van der Waals surface area (Å²) in [7, 11) is 0. The highest BCUT2D eigenvalue weighted by atomic mass is 16.5. The first-order valence-electron chi connectivity index (χ1n) is 8.75. The average Bonchev–Trinajstić information content (AvgIpc) is 2.70. The number of anilines is 1. The lowest BCUT2D eigenvalue weighted by atomic mass is 9.98. The first-order chi connectivity index (χ1) is 13.8. The third-order valence-corrected chi connectivity index (χ3v) is 3.99. The highest BCUT2D eigenvalue weighted by molar-refractivity contribution is 6.04. The van der Waals surface area contributed by atoms with Crippen molar-refractivity contribution < 1.29 is 24.2 Å². The third-order valence-electron chi connectivity index (χ3n) is 3.99. The maximum absolute atomic E-state index is 12.9. The summed E-state index contributed by atoms with van der Waals surface area (Å²) in [5, 5.41) is 20.7. The second kappa shape index (κ2) is 9.85. The fraction of sp³-hybridized carbons (Fsp3) is 0.250. The van der Waals surface area contributed by atoms with Gasteiger partial charge in [-0.25, -0.2) is 4.98 Å². The number of Topliss-reactive ketones (excluding diaryl/α,β-unsaturated/α-hetero) is 1. The molecule has 2 atom stereocenters. The molecule has 1 heterocycles. The van der Waals surface area contributed by atoms with E-state index >= 15 is 0 Å². The van der Waals surface area contributed by atoms with E-state index in [-0.39, 0.29) is 29.8 Å². The van der Waals surface area contributed by atoms with Gasteiger partial charge in [0.05, 0.1) is 23.5 Å². The molecule has 0 radical (unpaired) electrons. The number of carbonyl (C=O) groups excluding carboxylic acids is 2. The van der Waals surface area contributed by atoms with E-state index < -0.39 is 29.8 Å². The molecule has 0 saturated heterocycles. The Hall–Kier alpha value is -3.93. The number of nitrogens with one attached hydrogen (secondary N) is 1. The number of rotatable bonds is 9. The standard InChI is InChI=1S/C20H20N4O5/c1-12(29-14-5-3-2-4-6-14)20(28)24-16(7-8-18(25)26)19(27)15-9-13(22)11-23-17(15)10-21/h2-6,9,11-12,16H,7-8,22H2,1H3,(H,24,28)(H,25,26)/t12-,16+/m1/s1. The zero-order chi connectivity index (χ0) is 21.4. The number of hydrogen-bond donors (Lipinski definition) is 3. The number of ketones is 1. The highest BCUT2D eigenvalue weighted by Crippen LogP contribution is 2.16. The molecule has 0 saturated carbocycles. The molecule has 0 fully saturated rings. The van der Waals surface area contributed by atoms with Gasteiger partial charge in [0, 0.05) is 6.42 Å². The van der Waals surface area contributed by atoms with Crippen molar-refractivity contribution in [3.8, 4) is 11.8 Å². The molecule has 0 aliphatic rings. The Labute approximate surface area is 167 Å². The molecule has 150 valence electrons. The summed E-state index contributed by atoms with van der Waals surface area (Å²) < 4.78 is 5.53. The van der Waals surface area contributed by atoms with Crippen LogP contribution in [0.2, 0.25) is 0 Å². The summed E-state index contributed by atoms with van der Waals surface area (Å²) in [4.78, 5) is 40.2. The van der Waals surface area contributed by atoms with Crippen LogP contribution in [0.15, 0.2) is 42.6 Å². The number of nitrogens with zero attached hydrogens (tertiary/aromatic N) is 2. The van der Waals surface area contributed by atoms with Gasteiger partial charge >= 0.3 is 5.97 Å². The Morgan fingerprint density at radius 2 is 2.00 bits per heavy atom. The molecule has 0 spiro atoms. The molecule has 0 aliphatic heterocycles. The first kappa shape index (κ1) is 21.4. The van der Waals surface area contributed by atoms with Gasteiger partial charge in [0.15, 0.2) is 17.6 Å². The van der Waals surface area contributed by atoms with Crippen molar-refractivity contribution in [3.05, 3.63) is 53.9 Å². The minimum absolute atomic E-state index is 0.0835. The molecule has 2 aromatic rings. The van der Waals surface area contributed by atoms with Crippen molar-refractivity contribution in [3.63, 3.8) is 0 Å². The van der Waals surface area contributed by atoms with Crippen LogP contribution in [0.3, 0.4) is 0 Å². The number of nitriles is 1. The number of carboxylic acid groups (broad SMARTS) is 1. The Kier molecular flexibility index (Phi) is 7.26. The molecule has 1 aromatic heterocycles. The fourth-order valence-corrected chi connectivity index (χ4v) is 2.53. The second-order valence-corrected chi connectivity index (χ2v) is 6.21. The molecule has 29 heavy (non-hydrogen) atoms. The van der Waals surface area contributed by atoms with Crippen LogP contribution in [0.1, 0.15) is 35.8 Å². The number of aromatic nitrogens is 1. The van der Waals surface area contributed by atoms with Gasteiger partial charge in [-0.2, -0.15) is 5.26 Å². The molecular formula is C20H20N4O5. The van der Waals surface area contributed by atoms with Crippen LogP contribution in [0, 0.1) is 11.3 Å². The quantitative estimate of drug-likeness (QED) is 0.539. The maximum atomic E-state index is 12.9. The van der Waals surface area contributed by atoms with E-state index in [1.54, 1.807) is 36.4 Å². The van der Waals surface area contributed by atoms with Gasteiger partial charge in [-0.3, -0.25) is 14.4 Å². The molecule has 0 unspecified atom stereocenters. The third kappa shape index (κ3) is 6.04. The number of carboxylic acids is 1. The number of aliphatic carboxylic acids is 1. The molecule has 9 heteroatoms. The van der Waals surface area contributed by atoms with Crippen molar-refractivity contribution >= 4 is 23.3 Å². The van der Waals surface area contributed by atoms with Crippen LogP contribution < -0.4 is 15.8 Å². The lowest BCUT2D eigenvalue weighted by molar-refractivity contribution is -0.137. The molecule has 0 bridgehead atoms. The Bertz CT molecular complexity index is 940. The van der Waals surface area contributed by atoms with Crippen molar-refractivity contribution in [1.29, 1.82) is 5.26 Å². The number of ether oxygens (including phenoxy) is 1. The van der Waals surface area contributed by atoms with E-state index in [4.69, 9.17) is 15.6 Å². The molecule has 1 aromatic carbocycles. The van der Waals surface area contributed by atoms with Crippen molar-refractivity contribution in [1.82, 2.24) is 10.3 Å². The lowest BCUT2D eigenvalue weighted by Crippen LogP contribution is -2.46. The summed E-state index contributed by atoms with van der Waals surface area (Å²) in [5.74, 6) is -1.91. The summed E-state index contributed by atoms with van der Waals surface area (Å²) in [6, 6.07) is 10.5. The topological polar surface area (TPSA) is 155 Å². The van der Waals surface area contributed by atoms with Gasteiger partial charge in [-0.1, -0.05) is 18.2 Å². The molecular weight excluding hydrogens is 376 g/mol. The van der Waals surface area contributed by atoms with Crippen LogP contribution in [0.5, 0.6) is 5.75 Å². The highest BCUT2D eigenvalue weighted by Gasteiger charge is 2.28. The fourth-order valence-electron chi connectivity index (χ4n) is 2.53. The van der Waals surface area contributed by atoms with Crippen LogP contribution in [-0.2, 0) is 9.59 Å². The molecule has 9 nitrogen and oxygen atoms in total. The number of nitrogens with two attached hydrogens (primary N) is 1. The van der Waals surface area contributed by atoms with Gasteiger partial charge in [-0.05, 0) is 31.5 Å². The molecule has 2 rings (SSSR count). The molecule has 0 aliphatic carbocycles. The summed E-state index contributed by atoms with van der Waals surface area (Å²) in [6.07, 6.45) is -0.234. The van der Waals surface area contributed by atoms with Crippen molar-refractivity contribution in [2.45, 2.75) is 31.9 Å². The molecule has 1 amide bonds. The maximum Gasteiger partial charge on any atom is 0.303 e. The average molecular weight is 396 g/mol. The van der Waals surface area contributed by atoms with Gasteiger partial charge < -0.3 is 20.9 Å². The monoisotopic (exact) mass is 396 g/mol. The van der Waals surface area contributed by atoms with Gasteiger partial charge in [0.25, 0.3) is 5.91 Å². The van der Waals surface area contributed by atoms with E-state index in [2.05, 4.69) is 10.3 Å². The number of amides is 1. The van der Waals surface area contributed by atoms with Crippen LogP contribution >= 0.6 is 0 Å². The van der Waals surface area contributed by atoms with Crippen LogP contribution in [0.4, 0.5) is 5.69 Å². The number of nitrogen functional groups attached to an aromatic ring is 1. The summed E-state index contributed by atoms with van der Waals surface area (Å²) in [6.45, 7) is 1.50. The van der Waals surface area contributed by atoms with E-state index in [1.807, 2.05) is 0 Å². The van der Waals surface area contributed by atoms with Gasteiger partial charge in [-0.15, -0.1) is 0 Å². The summed E-state index contributed by atoms with van der Waals surface area (Å²) in [5.41, 5.74) is 5.57. The minimum Gasteiger partial charge on any atom is -0.481 e. The second-order valence-electron chi connectivity index (χ2n) is 6.21. The number of carbonyl (C=O) groups is 3. The Morgan fingerprint density at radius 3 is 2.62 bits per heavy atom. The zero-order valence-electron chi connectivity index (χ0n) is 15.7. The summed E-state index contributed by atoms with van der Waals surface area (Å²) >= 11 is 0. The smallest absolute Gasteiger partial charge is 0.303 e. The van der Waals surface area contributed by atoms with Crippen LogP contribution in [0.25, 0.3) is 0 Å². The first-order valence-corrected chi connectivity index (χ1v) is 8.75. The minimum atomic E-state index is -1.18. The predicted molar refractivity (Wildman–Crippen MR) is 103 cm³/mol. The van der Waals surface area contributed by atoms with Crippen molar-refractivity contribution in [2.24, 2.45) is 0 Å². The number of benzene rings is 1. The van der Waals surface area contributed by atoms with E-state index in [0.717, 1.165) is 0 Å². The number of hydrogen-bond acceptors (Lipinski definition) is 7. The normalized spacial score (nSPS) is 12.3. The zero-order valence-corrected chi connectivity index (χ0v) is 15.7. The van der Waals surface area contributed by atoms with Gasteiger partial charge in [0.1, 0.15) is 11.8 Å². The number of pyridine rings is 1. The van der Waals surface area contributed by atoms with Crippen molar-refractivity contribution in [2.75, 3.05) is 5.73 Å². The van der Waals surface area contributed by atoms with Gasteiger partial charge in [0.2, 0.25) is 0 Å². The SMILES string of the molecule is C[C@@H](Oc1ccccc1)C(=O)N[C@@H](CCC(=O)O)C(=O)c1cc(N)cnc1C#N.